The Hall–Kier alpha value is -2.48. The summed E-state index contributed by atoms with van der Waals surface area (Å²) >= 11 is 5.55. The summed E-state index contributed by atoms with van der Waals surface area (Å²) in [5.74, 6) is -0.516. The number of aromatic amines is 1. The van der Waals surface area contributed by atoms with Gasteiger partial charge in [0.25, 0.3) is 5.91 Å². The van der Waals surface area contributed by atoms with Gasteiger partial charge in [-0.05, 0) is 23.7 Å². The molecule has 9 heteroatoms. The molecule has 0 unspecified atom stereocenters. The first-order chi connectivity index (χ1) is 8.61. The van der Waals surface area contributed by atoms with Crippen LogP contribution in [0.3, 0.4) is 0 Å². The van der Waals surface area contributed by atoms with Crippen LogP contribution in [0.25, 0.3) is 0 Å². The van der Waals surface area contributed by atoms with Crippen LogP contribution in [0, 0.1) is 0 Å². The Labute approximate surface area is 105 Å². The molecule has 8 nitrogen and oxygen atoms in total. The molecule has 0 aliphatic carbocycles. The van der Waals surface area contributed by atoms with E-state index < -0.39 is 5.91 Å². The van der Waals surface area contributed by atoms with Crippen molar-refractivity contribution in [3.8, 4) is 0 Å². The van der Waals surface area contributed by atoms with Crippen LogP contribution in [0.4, 0.5) is 5.82 Å². The number of hydrogen-bond acceptors (Lipinski definition) is 5. The smallest absolute Gasteiger partial charge is 0.292 e. The van der Waals surface area contributed by atoms with Crippen molar-refractivity contribution in [2.75, 3.05) is 5.32 Å². The number of hydrogen-bond donors (Lipinski definition) is 4. The van der Waals surface area contributed by atoms with Crippen LogP contribution in [0.5, 0.6) is 0 Å². The number of carbonyl (C=O) groups is 1. The van der Waals surface area contributed by atoms with Crippen LogP contribution in [0.15, 0.2) is 27.9 Å². The van der Waals surface area contributed by atoms with E-state index in [0.717, 1.165) is 0 Å². The largest absolute Gasteiger partial charge is 0.440 e. The third-order valence-electron chi connectivity index (χ3n) is 2.06. The lowest BCUT2D eigenvalue weighted by Gasteiger charge is -2.02. The first-order valence-electron chi connectivity index (χ1n) is 4.69. The van der Waals surface area contributed by atoms with Gasteiger partial charge in [0.05, 0.1) is 11.8 Å². The van der Waals surface area contributed by atoms with Crippen molar-refractivity contribution in [2.45, 2.75) is 0 Å². The van der Waals surface area contributed by atoms with Crippen LogP contribution in [-0.2, 0) is 0 Å². The third kappa shape index (κ3) is 2.28. The van der Waals surface area contributed by atoms with Gasteiger partial charge in [-0.1, -0.05) is 5.16 Å². The Morgan fingerprint density at radius 3 is 3.00 bits per heavy atom. The molecule has 5 N–H and O–H groups in total. The summed E-state index contributed by atoms with van der Waals surface area (Å²) < 4.78 is 4.93. The zero-order valence-corrected chi connectivity index (χ0v) is 9.60. The number of nitrogens with two attached hydrogens (primary N) is 1. The summed E-state index contributed by atoms with van der Waals surface area (Å²) in [7, 11) is 0. The highest BCUT2D eigenvalue weighted by Gasteiger charge is 2.16. The number of oxime groups is 1. The predicted molar refractivity (Wildman–Crippen MR) is 62.8 cm³/mol. The van der Waals surface area contributed by atoms with Crippen molar-refractivity contribution < 1.29 is 14.4 Å². The lowest BCUT2D eigenvalue weighted by Crippen LogP contribution is -2.18. The number of halogens is 1. The molecule has 0 aliphatic heterocycles. The van der Waals surface area contributed by atoms with Crippen LogP contribution < -0.4 is 11.1 Å². The minimum absolute atomic E-state index is 0.0278. The number of carbonyl (C=O) groups excluding carboxylic acids is 1. The number of amides is 1. The Morgan fingerprint density at radius 2 is 2.39 bits per heavy atom. The van der Waals surface area contributed by atoms with Crippen LogP contribution in [-0.4, -0.2) is 27.1 Å². The number of rotatable bonds is 3. The van der Waals surface area contributed by atoms with E-state index in [0.29, 0.717) is 0 Å². The fourth-order valence-corrected chi connectivity index (χ4v) is 1.39. The van der Waals surface area contributed by atoms with E-state index in [1.807, 2.05) is 0 Å². The summed E-state index contributed by atoms with van der Waals surface area (Å²) in [5, 5.41) is 20.1. The number of anilines is 1. The fourth-order valence-electron chi connectivity index (χ4n) is 1.24. The highest BCUT2D eigenvalue weighted by Crippen LogP contribution is 2.16. The first-order valence-corrected chi connectivity index (χ1v) is 5.07. The Balaban J connectivity index is 2.20. The lowest BCUT2D eigenvalue weighted by molar-refractivity contribution is 0.0996. The van der Waals surface area contributed by atoms with Gasteiger partial charge in [-0.3, -0.25) is 9.89 Å². The van der Waals surface area contributed by atoms with Crippen molar-refractivity contribution in [1.82, 2.24) is 10.2 Å². The predicted octanol–water partition coefficient (Wildman–Crippen LogP) is 1.00. The van der Waals surface area contributed by atoms with E-state index in [-0.39, 0.29) is 28.2 Å². The van der Waals surface area contributed by atoms with E-state index >= 15 is 0 Å². The molecule has 18 heavy (non-hydrogen) atoms. The lowest BCUT2D eigenvalue weighted by atomic mass is 10.3. The molecule has 2 heterocycles. The molecular formula is C9H8ClN5O3. The molecule has 0 aliphatic rings. The molecule has 0 fully saturated rings. The summed E-state index contributed by atoms with van der Waals surface area (Å²) in [5.41, 5.74) is 5.66. The molecule has 2 aromatic heterocycles. The van der Waals surface area contributed by atoms with E-state index in [1.54, 1.807) is 0 Å². The Bertz CT molecular complexity index is 603. The van der Waals surface area contributed by atoms with E-state index in [1.165, 1.54) is 18.3 Å². The van der Waals surface area contributed by atoms with E-state index in [4.69, 9.17) is 27.0 Å². The average molecular weight is 270 g/mol. The number of H-pyrrole nitrogens is 1. The van der Waals surface area contributed by atoms with Gasteiger partial charge in [-0.15, -0.1) is 0 Å². The molecule has 0 saturated heterocycles. The molecule has 2 aromatic rings. The monoisotopic (exact) mass is 269 g/mol. The maximum Gasteiger partial charge on any atom is 0.292 e. The normalized spacial score (nSPS) is 11.5. The van der Waals surface area contributed by atoms with Gasteiger partial charge in [0.15, 0.2) is 16.8 Å². The van der Waals surface area contributed by atoms with E-state index in [2.05, 4.69) is 20.7 Å². The average Bonchev–Trinajstić information content (AvgIpc) is 2.97. The molecule has 0 radical (unpaired) electrons. The number of nitrogens with one attached hydrogen (secondary N) is 2. The topological polar surface area (TPSA) is 130 Å². The second kappa shape index (κ2) is 4.80. The summed E-state index contributed by atoms with van der Waals surface area (Å²) in [6.45, 7) is 0. The molecule has 94 valence electrons. The minimum Gasteiger partial charge on any atom is -0.440 e. The van der Waals surface area contributed by atoms with Gasteiger partial charge < -0.3 is 20.7 Å². The molecule has 0 saturated carbocycles. The highest BCUT2D eigenvalue weighted by molar-refractivity contribution is 6.29. The first kappa shape index (κ1) is 12.0. The number of furan rings is 1. The van der Waals surface area contributed by atoms with Crippen molar-refractivity contribution in [3.63, 3.8) is 0 Å². The van der Waals surface area contributed by atoms with Crippen molar-refractivity contribution >= 4 is 29.2 Å². The zero-order valence-electron chi connectivity index (χ0n) is 8.85. The van der Waals surface area contributed by atoms with Crippen molar-refractivity contribution in [1.29, 1.82) is 0 Å². The molecule has 1 amide bonds. The SMILES string of the molecule is N/C(=N/O)c1cn[nH]c1NC(=O)c1ccc(Cl)o1. The molecule has 0 spiro atoms. The highest BCUT2D eigenvalue weighted by atomic mass is 35.5. The van der Waals surface area contributed by atoms with E-state index in [9.17, 15) is 4.79 Å². The number of amidine groups is 1. The third-order valence-corrected chi connectivity index (χ3v) is 2.26. The van der Waals surface area contributed by atoms with Crippen LogP contribution in [0.2, 0.25) is 5.22 Å². The fraction of sp³-hybridized carbons (Fsp3) is 0. The van der Waals surface area contributed by atoms with Gasteiger partial charge in [0.1, 0.15) is 5.82 Å². The van der Waals surface area contributed by atoms with Crippen molar-refractivity contribution in [2.24, 2.45) is 10.9 Å². The van der Waals surface area contributed by atoms with Crippen LogP contribution >= 0.6 is 11.6 Å². The quantitative estimate of drug-likeness (QED) is 0.286. The van der Waals surface area contributed by atoms with Crippen LogP contribution in [0.1, 0.15) is 16.1 Å². The number of nitrogens with zero attached hydrogens (tertiary/aromatic N) is 2. The summed E-state index contributed by atoms with van der Waals surface area (Å²) in [6, 6.07) is 2.85. The molecule has 0 bridgehead atoms. The zero-order chi connectivity index (χ0) is 13.1. The van der Waals surface area contributed by atoms with Gasteiger partial charge in [0.2, 0.25) is 0 Å². The standard InChI is InChI=1S/C9H8ClN5O3/c10-6-2-1-5(18-6)9(16)13-8-4(3-12-14-8)7(11)15-17/h1-3,17H,(H2,11,15)(H2,12,13,14,16). The van der Waals surface area contributed by atoms with Gasteiger partial charge in [0, 0.05) is 0 Å². The second-order valence-corrected chi connectivity index (χ2v) is 3.57. The maximum absolute atomic E-state index is 11.7. The Kier molecular flexibility index (Phi) is 3.20. The molecule has 0 atom stereocenters. The van der Waals surface area contributed by atoms with Gasteiger partial charge in [-0.25, -0.2) is 0 Å². The maximum atomic E-state index is 11.7. The minimum atomic E-state index is -0.543. The van der Waals surface area contributed by atoms with Gasteiger partial charge in [-0.2, -0.15) is 5.10 Å². The van der Waals surface area contributed by atoms with Gasteiger partial charge >= 0.3 is 0 Å². The summed E-state index contributed by atoms with van der Waals surface area (Å²) in [6.07, 6.45) is 1.31. The number of aromatic nitrogens is 2. The second-order valence-electron chi connectivity index (χ2n) is 3.20. The van der Waals surface area contributed by atoms with Crippen molar-refractivity contribution in [3.05, 3.63) is 34.9 Å². The Morgan fingerprint density at radius 1 is 1.61 bits per heavy atom. The molecule has 0 aromatic carbocycles. The summed E-state index contributed by atoms with van der Waals surface area (Å²) in [4.78, 5) is 11.7. The molecule has 2 rings (SSSR count). The molecular weight excluding hydrogens is 262 g/mol.